The summed E-state index contributed by atoms with van der Waals surface area (Å²) in [6.45, 7) is 0. The third-order valence-electron chi connectivity index (χ3n) is 1.74. The molecule has 0 bridgehead atoms. The Morgan fingerprint density at radius 2 is 2.00 bits per heavy atom. The quantitative estimate of drug-likeness (QED) is 0.770. The van der Waals surface area contributed by atoms with E-state index in [-0.39, 0.29) is 0 Å². The molecule has 2 rings (SSSR count). The fourth-order valence-corrected chi connectivity index (χ4v) is 1.37. The molecule has 72 valence electrons. The van der Waals surface area contributed by atoms with E-state index in [1.165, 1.54) is 0 Å². The smallest absolute Gasteiger partial charge is 0.196 e. The van der Waals surface area contributed by atoms with Crippen LogP contribution in [0.2, 0.25) is 5.02 Å². The number of hydrogen-bond donors (Lipinski definition) is 2. The molecule has 5 heteroatoms. The highest BCUT2D eigenvalue weighted by atomic mass is 35.5. The maximum Gasteiger partial charge on any atom is 0.196 e. The number of aromatic amines is 1. The topological polar surface area (TPSA) is 32.8 Å². The molecule has 0 fully saturated rings. The number of H-pyrrole nitrogens is 1. The predicted octanol–water partition coefficient (Wildman–Crippen LogP) is 3.07. The Morgan fingerprint density at radius 1 is 1.29 bits per heavy atom. The molecule has 2 aromatic rings. The van der Waals surface area contributed by atoms with E-state index < -0.39 is 0 Å². The van der Waals surface area contributed by atoms with Gasteiger partial charge in [-0.2, -0.15) is 0 Å². The number of aromatic nitrogens is 2. The minimum absolute atomic E-state index is 0.625. The maximum absolute atomic E-state index is 5.76. The highest BCUT2D eigenvalue weighted by molar-refractivity contribution is 7.71. The number of anilines is 1. The van der Waals surface area contributed by atoms with Gasteiger partial charge in [0, 0.05) is 17.4 Å². The van der Waals surface area contributed by atoms with Crippen LogP contribution in [0.3, 0.4) is 0 Å². The van der Waals surface area contributed by atoms with Crippen molar-refractivity contribution in [1.82, 2.24) is 9.66 Å². The monoisotopic (exact) mass is 225 g/mol. The van der Waals surface area contributed by atoms with Crippen molar-refractivity contribution in [3.8, 4) is 0 Å². The van der Waals surface area contributed by atoms with Crippen molar-refractivity contribution in [3.05, 3.63) is 46.5 Å². The minimum Gasteiger partial charge on any atom is -0.336 e. The molecule has 0 amide bonds. The number of imidazole rings is 1. The highest BCUT2D eigenvalue weighted by Gasteiger charge is 1.93. The molecule has 1 aromatic carbocycles. The van der Waals surface area contributed by atoms with Gasteiger partial charge in [0.2, 0.25) is 0 Å². The lowest BCUT2D eigenvalue weighted by atomic mass is 10.3. The Morgan fingerprint density at radius 3 is 2.57 bits per heavy atom. The van der Waals surface area contributed by atoms with Crippen molar-refractivity contribution in [2.45, 2.75) is 0 Å². The number of nitrogens with zero attached hydrogens (tertiary/aromatic N) is 1. The maximum atomic E-state index is 5.76. The summed E-state index contributed by atoms with van der Waals surface area (Å²) in [7, 11) is 0. The first-order valence-electron chi connectivity index (χ1n) is 4.04. The first-order chi connectivity index (χ1) is 6.75. The number of nitrogens with one attached hydrogen (secondary N) is 2. The molecule has 3 nitrogen and oxygen atoms in total. The van der Waals surface area contributed by atoms with E-state index in [1.807, 2.05) is 30.5 Å². The summed E-state index contributed by atoms with van der Waals surface area (Å²) < 4.78 is 2.35. The fourth-order valence-electron chi connectivity index (χ4n) is 1.07. The molecule has 0 atom stereocenters. The standard InChI is InChI=1S/C9H8ClN3S/c10-7-1-3-8(4-2-7)12-13-6-5-11-9(13)14/h1-6,12H,(H,11,14). The summed E-state index contributed by atoms with van der Waals surface area (Å²) in [5.74, 6) is 0. The van der Waals surface area contributed by atoms with E-state index in [2.05, 4.69) is 10.4 Å². The second-order valence-corrected chi connectivity index (χ2v) is 3.58. The van der Waals surface area contributed by atoms with Gasteiger partial charge in [-0.05, 0) is 36.5 Å². The van der Waals surface area contributed by atoms with Gasteiger partial charge in [-0.1, -0.05) is 11.6 Å². The van der Waals surface area contributed by atoms with Crippen LogP contribution in [-0.4, -0.2) is 9.66 Å². The highest BCUT2D eigenvalue weighted by Crippen LogP contribution is 2.13. The predicted molar refractivity (Wildman–Crippen MR) is 60.1 cm³/mol. The van der Waals surface area contributed by atoms with E-state index in [0.29, 0.717) is 9.79 Å². The molecule has 0 aliphatic rings. The van der Waals surface area contributed by atoms with Gasteiger partial charge in [0.25, 0.3) is 0 Å². The van der Waals surface area contributed by atoms with Crippen LogP contribution in [0.15, 0.2) is 36.7 Å². The molecule has 0 spiro atoms. The van der Waals surface area contributed by atoms with Crippen LogP contribution >= 0.6 is 23.8 Å². The molecule has 0 aliphatic heterocycles. The number of benzene rings is 1. The zero-order chi connectivity index (χ0) is 9.97. The summed E-state index contributed by atoms with van der Waals surface area (Å²) in [4.78, 5) is 2.89. The number of hydrogen-bond acceptors (Lipinski definition) is 2. The fraction of sp³-hybridized carbons (Fsp3) is 0. The summed E-state index contributed by atoms with van der Waals surface area (Å²) >= 11 is 10.8. The van der Waals surface area contributed by atoms with Gasteiger partial charge in [0.1, 0.15) is 0 Å². The van der Waals surface area contributed by atoms with Crippen LogP contribution in [0.1, 0.15) is 0 Å². The van der Waals surface area contributed by atoms with Crippen molar-refractivity contribution < 1.29 is 0 Å². The van der Waals surface area contributed by atoms with E-state index in [1.54, 1.807) is 10.9 Å². The van der Waals surface area contributed by atoms with E-state index in [0.717, 1.165) is 5.69 Å². The summed E-state index contributed by atoms with van der Waals surface area (Å²) in [5.41, 5.74) is 4.04. The van der Waals surface area contributed by atoms with Crippen LogP contribution in [0.4, 0.5) is 5.69 Å². The Kier molecular flexibility index (Phi) is 2.56. The van der Waals surface area contributed by atoms with Gasteiger partial charge in [-0.15, -0.1) is 0 Å². The molecule has 14 heavy (non-hydrogen) atoms. The van der Waals surface area contributed by atoms with Crippen LogP contribution in [0.5, 0.6) is 0 Å². The Balaban J connectivity index is 2.23. The minimum atomic E-state index is 0.625. The molecular weight excluding hydrogens is 218 g/mol. The molecule has 0 saturated heterocycles. The van der Waals surface area contributed by atoms with Gasteiger partial charge < -0.3 is 4.98 Å². The summed E-state index contributed by atoms with van der Waals surface area (Å²) in [5, 5.41) is 0.716. The summed E-state index contributed by atoms with van der Waals surface area (Å²) in [6.07, 6.45) is 3.59. The second-order valence-electron chi connectivity index (χ2n) is 2.75. The van der Waals surface area contributed by atoms with Crippen molar-refractivity contribution in [1.29, 1.82) is 0 Å². The lowest BCUT2D eigenvalue weighted by Gasteiger charge is -2.06. The molecule has 0 radical (unpaired) electrons. The van der Waals surface area contributed by atoms with Gasteiger partial charge in [0.05, 0.1) is 5.69 Å². The molecule has 0 aliphatic carbocycles. The van der Waals surface area contributed by atoms with Crippen molar-refractivity contribution in [2.75, 3.05) is 5.43 Å². The van der Waals surface area contributed by atoms with Crippen LogP contribution in [0, 0.1) is 4.77 Å². The zero-order valence-corrected chi connectivity index (χ0v) is 8.77. The van der Waals surface area contributed by atoms with E-state index in [4.69, 9.17) is 23.8 Å². The number of rotatable bonds is 2. The SMILES string of the molecule is S=c1[nH]ccn1Nc1ccc(Cl)cc1. The van der Waals surface area contributed by atoms with Crippen LogP contribution < -0.4 is 5.43 Å². The zero-order valence-electron chi connectivity index (χ0n) is 7.20. The molecule has 0 unspecified atom stereocenters. The third-order valence-corrected chi connectivity index (χ3v) is 2.31. The Bertz CT molecular complexity index is 471. The van der Waals surface area contributed by atoms with Crippen molar-refractivity contribution >= 4 is 29.5 Å². The van der Waals surface area contributed by atoms with Crippen molar-refractivity contribution in [2.24, 2.45) is 0 Å². The third kappa shape index (κ3) is 1.97. The van der Waals surface area contributed by atoms with Crippen LogP contribution in [-0.2, 0) is 0 Å². The molecular formula is C9H8ClN3S. The van der Waals surface area contributed by atoms with Gasteiger partial charge in [0.15, 0.2) is 4.77 Å². The van der Waals surface area contributed by atoms with E-state index in [9.17, 15) is 0 Å². The van der Waals surface area contributed by atoms with Crippen molar-refractivity contribution in [3.63, 3.8) is 0 Å². The normalized spacial score (nSPS) is 10.1. The van der Waals surface area contributed by atoms with Gasteiger partial charge >= 0.3 is 0 Å². The first-order valence-corrected chi connectivity index (χ1v) is 4.83. The average molecular weight is 226 g/mol. The van der Waals surface area contributed by atoms with Crippen LogP contribution in [0.25, 0.3) is 0 Å². The van der Waals surface area contributed by atoms with Gasteiger partial charge in [-0.25, -0.2) is 4.68 Å². The second kappa shape index (κ2) is 3.86. The molecule has 2 N–H and O–H groups in total. The first kappa shape index (κ1) is 9.30. The number of halogens is 1. The Hall–Kier alpha value is -1.26. The summed E-state index contributed by atoms with van der Waals surface area (Å²) in [6, 6.07) is 7.41. The Labute approximate surface area is 91.3 Å². The largest absolute Gasteiger partial charge is 0.336 e. The van der Waals surface area contributed by atoms with E-state index >= 15 is 0 Å². The molecule has 1 aromatic heterocycles. The van der Waals surface area contributed by atoms with Gasteiger partial charge in [-0.3, -0.25) is 5.43 Å². The average Bonchev–Trinajstić information content (AvgIpc) is 2.56. The molecule has 1 heterocycles. The lowest BCUT2D eigenvalue weighted by Crippen LogP contribution is -2.07. The molecule has 0 saturated carbocycles. The lowest BCUT2D eigenvalue weighted by molar-refractivity contribution is 0.935.